The van der Waals surface area contributed by atoms with Gasteiger partial charge in [0.25, 0.3) is 0 Å². The second kappa shape index (κ2) is 10.9. The maximum atomic E-state index is 10.5. The van der Waals surface area contributed by atoms with E-state index < -0.39 is 0 Å². The summed E-state index contributed by atoms with van der Waals surface area (Å²) in [4.78, 5) is 12.0. The number of nitrogens with zero attached hydrogens (tertiary/aromatic N) is 4. The topological polar surface area (TPSA) is 92.2 Å². The number of fused-ring (bicyclic) bond motifs is 1. The summed E-state index contributed by atoms with van der Waals surface area (Å²) in [7, 11) is 0. The number of piperidine rings is 1. The average molecular weight is 483 g/mol. The molecule has 1 aliphatic heterocycles. The third-order valence-corrected chi connectivity index (χ3v) is 6.80. The third-order valence-electron chi connectivity index (χ3n) is 6.80. The van der Waals surface area contributed by atoms with E-state index in [-0.39, 0.29) is 5.75 Å². The molecule has 36 heavy (non-hydrogen) atoms. The fourth-order valence-electron chi connectivity index (χ4n) is 4.81. The molecule has 5 rings (SSSR count). The molecule has 0 aliphatic carbocycles. The molecule has 2 aromatic carbocycles. The van der Waals surface area contributed by atoms with Crippen molar-refractivity contribution in [1.29, 1.82) is 0 Å². The molecule has 0 bridgehead atoms. The van der Waals surface area contributed by atoms with E-state index in [2.05, 4.69) is 62.3 Å². The van der Waals surface area contributed by atoms with Crippen LogP contribution in [0.3, 0.4) is 0 Å². The van der Waals surface area contributed by atoms with E-state index in [9.17, 15) is 5.11 Å². The zero-order valence-electron chi connectivity index (χ0n) is 20.8. The number of likely N-dealkylation sites (tertiary alicyclic amines) is 1. The van der Waals surface area contributed by atoms with Crippen LogP contribution in [-0.4, -0.2) is 56.8 Å². The predicted octanol–water partition coefficient (Wildman–Crippen LogP) is 4.50. The van der Waals surface area contributed by atoms with Crippen molar-refractivity contribution in [1.82, 2.24) is 19.4 Å². The van der Waals surface area contributed by atoms with Gasteiger partial charge in [0.2, 0.25) is 5.95 Å². The van der Waals surface area contributed by atoms with Crippen molar-refractivity contribution in [3.05, 3.63) is 83.2 Å². The second-order valence-electron chi connectivity index (χ2n) is 9.48. The maximum Gasteiger partial charge on any atom is 0.204 e. The van der Waals surface area contributed by atoms with Crippen molar-refractivity contribution in [2.75, 3.05) is 31.5 Å². The van der Waals surface area contributed by atoms with Crippen LogP contribution in [0.15, 0.2) is 60.7 Å². The summed E-state index contributed by atoms with van der Waals surface area (Å²) in [5.41, 5.74) is 11.4. The van der Waals surface area contributed by atoms with E-state index in [1.54, 1.807) is 6.07 Å². The summed E-state index contributed by atoms with van der Waals surface area (Å²) in [6.07, 6.45) is 6.32. The molecule has 4 aromatic rings. The van der Waals surface area contributed by atoms with E-state index in [1.807, 2.05) is 31.2 Å². The fourth-order valence-corrected chi connectivity index (χ4v) is 4.81. The number of aromatic hydroxyl groups is 1. The molecule has 1 saturated heterocycles. The Bertz CT molecular complexity index is 1340. The van der Waals surface area contributed by atoms with Crippen molar-refractivity contribution in [3.63, 3.8) is 0 Å². The van der Waals surface area contributed by atoms with Gasteiger partial charge < -0.3 is 25.6 Å². The van der Waals surface area contributed by atoms with Gasteiger partial charge in [-0.05, 0) is 55.2 Å². The Kier molecular flexibility index (Phi) is 7.30. The molecule has 7 heteroatoms. The van der Waals surface area contributed by atoms with Crippen LogP contribution in [0.25, 0.3) is 23.2 Å². The Labute approximate surface area is 212 Å². The van der Waals surface area contributed by atoms with Crippen LogP contribution in [0.1, 0.15) is 35.4 Å². The van der Waals surface area contributed by atoms with Gasteiger partial charge >= 0.3 is 0 Å². The van der Waals surface area contributed by atoms with Crippen LogP contribution in [0, 0.1) is 6.92 Å². The minimum absolute atomic E-state index is 0.198. The van der Waals surface area contributed by atoms with E-state index in [0.29, 0.717) is 24.8 Å². The van der Waals surface area contributed by atoms with Crippen LogP contribution in [0.2, 0.25) is 0 Å². The molecule has 1 fully saturated rings. The van der Waals surface area contributed by atoms with E-state index in [0.717, 1.165) is 66.3 Å². The predicted molar refractivity (Wildman–Crippen MR) is 147 cm³/mol. The Hall–Kier alpha value is -3.68. The minimum atomic E-state index is 0.198. The highest BCUT2D eigenvalue weighted by Gasteiger charge is 2.22. The van der Waals surface area contributed by atoms with Crippen molar-refractivity contribution in [2.45, 2.75) is 32.4 Å². The first-order chi connectivity index (χ1) is 17.6. The van der Waals surface area contributed by atoms with Crippen LogP contribution in [0.4, 0.5) is 5.95 Å². The second-order valence-corrected chi connectivity index (χ2v) is 9.48. The van der Waals surface area contributed by atoms with Crippen LogP contribution in [-0.2, 0) is 6.54 Å². The molecule has 2 aromatic heterocycles. The normalized spacial score (nSPS) is 15.2. The van der Waals surface area contributed by atoms with Crippen molar-refractivity contribution >= 4 is 29.1 Å². The molecule has 186 valence electrons. The highest BCUT2D eigenvalue weighted by Crippen LogP contribution is 2.27. The monoisotopic (exact) mass is 482 g/mol. The number of nitrogens with one attached hydrogen (secondary N) is 1. The van der Waals surface area contributed by atoms with Gasteiger partial charge in [0, 0.05) is 37.9 Å². The van der Waals surface area contributed by atoms with Gasteiger partial charge in [0.15, 0.2) is 0 Å². The average Bonchev–Trinajstić information content (AvgIpc) is 3.23. The zero-order chi connectivity index (χ0) is 24.9. The summed E-state index contributed by atoms with van der Waals surface area (Å²) >= 11 is 0. The van der Waals surface area contributed by atoms with Crippen molar-refractivity contribution < 1.29 is 5.11 Å². The Balaban J connectivity index is 1.47. The number of pyridine rings is 1. The molecule has 0 saturated carbocycles. The summed E-state index contributed by atoms with van der Waals surface area (Å²) in [6, 6.07) is 20.5. The number of rotatable bonds is 8. The SMILES string of the molecule is Cc1ccc(O)c(Cn2c(NC3CCN(CCN)CC3)nc3ccc(C=Cc4ccccc4)cc32)n1. The van der Waals surface area contributed by atoms with Gasteiger partial charge in [-0.25, -0.2) is 4.98 Å². The summed E-state index contributed by atoms with van der Waals surface area (Å²) in [5.74, 6) is 1.01. The fraction of sp³-hybridized carbons (Fsp3) is 0.310. The van der Waals surface area contributed by atoms with E-state index >= 15 is 0 Å². The summed E-state index contributed by atoms with van der Waals surface area (Å²) in [5, 5.41) is 14.2. The van der Waals surface area contributed by atoms with Crippen LogP contribution < -0.4 is 11.1 Å². The largest absolute Gasteiger partial charge is 0.506 e. The molecule has 0 atom stereocenters. The molecule has 1 aliphatic rings. The minimum Gasteiger partial charge on any atom is -0.506 e. The highest BCUT2D eigenvalue weighted by molar-refractivity contribution is 5.83. The van der Waals surface area contributed by atoms with Gasteiger partial charge in [0.05, 0.1) is 17.6 Å². The number of aromatic nitrogens is 3. The number of anilines is 1. The lowest BCUT2D eigenvalue weighted by Crippen LogP contribution is -2.41. The number of benzene rings is 2. The van der Waals surface area contributed by atoms with Crippen LogP contribution >= 0.6 is 0 Å². The molecular formula is C29H34N6O. The molecule has 0 radical (unpaired) electrons. The Morgan fingerprint density at radius 3 is 2.56 bits per heavy atom. The van der Waals surface area contributed by atoms with Gasteiger partial charge in [-0.15, -0.1) is 0 Å². The Morgan fingerprint density at radius 2 is 1.78 bits per heavy atom. The van der Waals surface area contributed by atoms with Crippen molar-refractivity contribution in [3.8, 4) is 5.75 Å². The van der Waals surface area contributed by atoms with Gasteiger partial charge in [-0.1, -0.05) is 48.6 Å². The molecule has 0 spiro atoms. The lowest BCUT2D eigenvalue weighted by atomic mass is 10.1. The number of imidazole rings is 1. The molecular weight excluding hydrogens is 448 g/mol. The van der Waals surface area contributed by atoms with Gasteiger partial charge in [-0.3, -0.25) is 4.98 Å². The molecule has 0 unspecified atom stereocenters. The number of hydrogen-bond donors (Lipinski definition) is 3. The first-order valence-electron chi connectivity index (χ1n) is 12.7. The van der Waals surface area contributed by atoms with Gasteiger partial charge in [0.1, 0.15) is 11.4 Å². The van der Waals surface area contributed by atoms with E-state index in [4.69, 9.17) is 10.7 Å². The Morgan fingerprint density at radius 1 is 1.00 bits per heavy atom. The number of nitrogens with two attached hydrogens (primary N) is 1. The quantitative estimate of drug-likeness (QED) is 0.320. The summed E-state index contributed by atoms with van der Waals surface area (Å²) < 4.78 is 2.14. The zero-order valence-corrected chi connectivity index (χ0v) is 20.8. The highest BCUT2D eigenvalue weighted by atomic mass is 16.3. The van der Waals surface area contributed by atoms with Gasteiger partial charge in [-0.2, -0.15) is 0 Å². The molecule has 4 N–H and O–H groups in total. The molecule has 0 amide bonds. The standard InChI is InChI=1S/C29H34N6O/c1-21-7-12-28(36)26(31-21)20-35-27-19-23(9-8-22-5-3-2-4-6-22)10-11-25(27)33-29(35)32-24-13-16-34(17-14-24)18-15-30/h2-12,19,24,36H,13-18,20,30H2,1H3,(H,32,33). The lowest BCUT2D eigenvalue weighted by Gasteiger charge is -2.32. The lowest BCUT2D eigenvalue weighted by molar-refractivity contribution is 0.224. The number of aryl methyl sites for hydroxylation is 1. The smallest absolute Gasteiger partial charge is 0.204 e. The van der Waals surface area contributed by atoms with Crippen LogP contribution in [0.5, 0.6) is 5.75 Å². The first-order valence-corrected chi connectivity index (χ1v) is 12.7. The molecule has 7 nitrogen and oxygen atoms in total. The third kappa shape index (κ3) is 5.58. The first kappa shape index (κ1) is 24.0. The van der Waals surface area contributed by atoms with Crippen molar-refractivity contribution in [2.24, 2.45) is 5.73 Å². The molecule has 3 heterocycles. The number of hydrogen-bond acceptors (Lipinski definition) is 6. The van der Waals surface area contributed by atoms with E-state index in [1.165, 1.54) is 0 Å². The summed E-state index contributed by atoms with van der Waals surface area (Å²) in [6.45, 7) is 6.08. The maximum absolute atomic E-state index is 10.5.